The molecular weight excluding hydrogens is 232 g/mol. The van der Waals surface area contributed by atoms with E-state index >= 15 is 0 Å². The van der Waals surface area contributed by atoms with E-state index in [1.165, 1.54) is 0 Å². The molecule has 1 aliphatic rings. The van der Waals surface area contributed by atoms with Crippen LogP contribution in [0.4, 0.5) is 11.4 Å². The summed E-state index contributed by atoms with van der Waals surface area (Å²) in [6, 6.07) is 5.07. The molecule has 96 valence electrons. The number of nitrogen functional groups attached to an aromatic ring is 1. The highest BCUT2D eigenvalue weighted by Crippen LogP contribution is 2.28. The van der Waals surface area contributed by atoms with Crippen LogP contribution in [0.2, 0.25) is 0 Å². The number of primary amides is 1. The summed E-state index contributed by atoms with van der Waals surface area (Å²) in [5.41, 5.74) is 12.8. The second-order valence-corrected chi connectivity index (χ2v) is 4.19. The maximum absolute atomic E-state index is 11.4. The average molecular weight is 248 g/mol. The molecule has 1 heterocycles. The number of rotatable bonds is 2. The molecule has 0 atom stereocenters. The lowest BCUT2D eigenvalue weighted by Gasteiger charge is -2.25. The Morgan fingerprint density at radius 2 is 2.11 bits per heavy atom. The molecule has 1 fully saturated rings. The maximum Gasteiger partial charge on any atom is 0.250 e. The number of amides is 2. The highest BCUT2D eigenvalue weighted by molar-refractivity contribution is 6.01. The topological polar surface area (TPSA) is 101 Å². The zero-order chi connectivity index (χ0) is 13.1. The molecule has 2 amide bonds. The third-order valence-corrected chi connectivity index (χ3v) is 2.96. The Balaban J connectivity index is 2.37. The first-order valence-electron chi connectivity index (χ1n) is 5.79. The fourth-order valence-electron chi connectivity index (χ4n) is 2.10. The summed E-state index contributed by atoms with van der Waals surface area (Å²) >= 11 is 0. The minimum atomic E-state index is -0.513. The van der Waals surface area contributed by atoms with Gasteiger partial charge in [-0.15, -0.1) is 0 Å². The van der Waals surface area contributed by atoms with Crippen molar-refractivity contribution in [2.24, 2.45) is 5.73 Å². The molecule has 0 radical (unpaired) electrons. The average Bonchev–Trinajstić information content (AvgIpc) is 2.53. The monoisotopic (exact) mass is 248 g/mol. The highest BCUT2D eigenvalue weighted by Gasteiger charge is 2.20. The third kappa shape index (κ3) is 2.37. The van der Waals surface area contributed by atoms with Crippen LogP contribution in [-0.2, 0) is 4.79 Å². The third-order valence-electron chi connectivity index (χ3n) is 2.96. The number of carbonyl (C=O) groups excluding carboxylic acids is 2. The zero-order valence-corrected chi connectivity index (χ0v) is 9.98. The van der Waals surface area contributed by atoms with E-state index in [9.17, 15) is 9.59 Å². The van der Waals surface area contributed by atoms with Gasteiger partial charge in [-0.2, -0.15) is 0 Å². The molecule has 1 aromatic carbocycles. The summed E-state index contributed by atoms with van der Waals surface area (Å²) in [5, 5.41) is 2.77. The number of nitrogens with two attached hydrogens (primary N) is 2. The van der Waals surface area contributed by atoms with Gasteiger partial charge in [-0.05, 0) is 12.1 Å². The standard InChI is InChI=1S/C12H16N4O2/c13-9-3-1-2-8(12(14)18)11(9)16-6-4-10(17)15-5-7-16/h1-3H,4-7,13H2,(H2,14,18)(H,15,17). The van der Waals surface area contributed by atoms with Gasteiger partial charge >= 0.3 is 0 Å². The number of nitrogens with one attached hydrogen (secondary N) is 1. The van der Waals surface area contributed by atoms with E-state index in [1.807, 2.05) is 4.90 Å². The zero-order valence-electron chi connectivity index (χ0n) is 9.98. The summed E-state index contributed by atoms with van der Waals surface area (Å²) in [6.07, 6.45) is 0.381. The van der Waals surface area contributed by atoms with Crippen LogP contribution in [0, 0.1) is 0 Å². The van der Waals surface area contributed by atoms with Crippen molar-refractivity contribution >= 4 is 23.2 Å². The number of benzene rings is 1. The van der Waals surface area contributed by atoms with Gasteiger partial charge in [-0.25, -0.2) is 0 Å². The van der Waals surface area contributed by atoms with Crippen LogP contribution in [0.15, 0.2) is 18.2 Å². The molecule has 6 heteroatoms. The van der Waals surface area contributed by atoms with Crippen molar-refractivity contribution < 1.29 is 9.59 Å². The summed E-state index contributed by atoms with van der Waals surface area (Å²) in [4.78, 5) is 24.7. The molecular formula is C12H16N4O2. The Hall–Kier alpha value is -2.24. The smallest absolute Gasteiger partial charge is 0.250 e. The van der Waals surface area contributed by atoms with Gasteiger partial charge < -0.3 is 21.7 Å². The first kappa shape index (κ1) is 12.2. The van der Waals surface area contributed by atoms with E-state index in [-0.39, 0.29) is 5.91 Å². The first-order valence-corrected chi connectivity index (χ1v) is 5.79. The first-order chi connectivity index (χ1) is 8.59. The van der Waals surface area contributed by atoms with E-state index < -0.39 is 5.91 Å². The van der Waals surface area contributed by atoms with Crippen molar-refractivity contribution in [1.29, 1.82) is 0 Å². The Bertz CT molecular complexity index is 487. The van der Waals surface area contributed by atoms with Crippen molar-refractivity contribution in [1.82, 2.24) is 5.32 Å². The molecule has 0 unspecified atom stereocenters. The number of nitrogens with zero attached hydrogens (tertiary/aromatic N) is 1. The fraction of sp³-hybridized carbons (Fsp3) is 0.333. The quantitative estimate of drug-likeness (QED) is 0.625. The molecule has 0 aliphatic carbocycles. The summed E-state index contributed by atoms with van der Waals surface area (Å²) < 4.78 is 0. The van der Waals surface area contributed by atoms with E-state index in [1.54, 1.807) is 18.2 Å². The number of hydrogen-bond donors (Lipinski definition) is 3. The van der Waals surface area contributed by atoms with Gasteiger partial charge in [0, 0.05) is 26.1 Å². The van der Waals surface area contributed by atoms with Gasteiger partial charge in [0.25, 0.3) is 5.91 Å². The molecule has 5 N–H and O–H groups in total. The van der Waals surface area contributed by atoms with Crippen molar-refractivity contribution in [3.05, 3.63) is 23.8 Å². The Morgan fingerprint density at radius 1 is 1.33 bits per heavy atom. The van der Waals surface area contributed by atoms with Gasteiger partial charge in [0.15, 0.2) is 0 Å². The number of anilines is 2. The normalized spacial score (nSPS) is 16.0. The molecule has 1 aliphatic heterocycles. The number of para-hydroxylation sites is 1. The van der Waals surface area contributed by atoms with Crippen LogP contribution in [0.3, 0.4) is 0 Å². The van der Waals surface area contributed by atoms with Crippen molar-refractivity contribution in [3.63, 3.8) is 0 Å². The second kappa shape index (κ2) is 4.95. The second-order valence-electron chi connectivity index (χ2n) is 4.19. The molecule has 0 spiro atoms. The summed E-state index contributed by atoms with van der Waals surface area (Å²) in [7, 11) is 0. The predicted octanol–water partition coefficient (Wildman–Crippen LogP) is -0.306. The van der Waals surface area contributed by atoms with Crippen LogP contribution in [-0.4, -0.2) is 31.4 Å². The molecule has 0 bridgehead atoms. The summed E-state index contributed by atoms with van der Waals surface area (Å²) in [5.74, 6) is -0.506. The Labute approximate surface area is 105 Å². The SMILES string of the molecule is NC(=O)c1cccc(N)c1N1CCNC(=O)CC1. The van der Waals surface area contributed by atoms with Crippen LogP contribution in [0.1, 0.15) is 16.8 Å². The van der Waals surface area contributed by atoms with Crippen LogP contribution in [0.25, 0.3) is 0 Å². The lowest BCUT2D eigenvalue weighted by atomic mass is 10.1. The fourth-order valence-corrected chi connectivity index (χ4v) is 2.10. The minimum absolute atomic E-state index is 0.00706. The molecule has 2 rings (SSSR count). The van der Waals surface area contributed by atoms with Gasteiger partial charge in [0.05, 0.1) is 16.9 Å². The lowest BCUT2D eigenvalue weighted by Crippen LogP contribution is -2.31. The maximum atomic E-state index is 11.4. The number of hydrogen-bond acceptors (Lipinski definition) is 4. The van der Waals surface area contributed by atoms with Crippen LogP contribution in [0.5, 0.6) is 0 Å². The van der Waals surface area contributed by atoms with Gasteiger partial charge in [-0.3, -0.25) is 9.59 Å². The van der Waals surface area contributed by atoms with Gasteiger partial charge in [0.2, 0.25) is 5.91 Å². The van der Waals surface area contributed by atoms with E-state index in [4.69, 9.17) is 11.5 Å². The minimum Gasteiger partial charge on any atom is -0.397 e. The van der Waals surface area contributed by atoms with Crippen molar-refractivity contribution in [3.8, 4) is 0 Å². The van der Waals surface area contributed by atoms with Crippen LogP contribution >= 0.6 is 0 Å². The van der Waals surface area contributed by atoms with E-state index in [2.05, 4.69) is 5.32 Å². The van der Waals surface area contributed by atoms with Crippen LogP contribution < -0.4 is 21.7 Å². The molecule has 18 heavy (non-hydrogen) atoms. The Kier molecular flexibility index (Phi) is 3.36. The summed E-state index contributed by atoms with van der Waals surface area (Å²) in [6.45, 7) is 1.67. The van der Waals surface area contributed by atoms with Gasteiger partial charge in [-0.1, -0.05) is 6.07 Å². The number of carbonyl (C=O) groups is 2. The lowest BCUT2D eigenvalue weighted by molar-refractivity contribution is -0.120. The van der Waals surface area contributed by atoms with Gasteiger partial charge in [0.1, 0.15) is 0 Å². The van der Waals surface area contributed by atoms with E-state index in [0.717, 1.165) is 0 Å². The highest BCUT2D eigenvalue weighted by atomic mass is 16.2. The van der Waals surface area contributed by atoms with Crippen molar-refractivity contribution in [2.45, 2.75) is 6.42 Å². The molecule has 1 aromatic rings. The van der Waals surface area contributed by atoms with E-state index in [0.29, 0.717) is 43.0 Å². The molecule has 6 nitrogen and oxygen atoms in total. The predicted molar refractivity (Wildman–Crippen MR) is 69.2 cm³/mol. The molecule has 0 aromatic heterocycles. The molecule has 1 saturated heterocycles. The Morgan fingerprint density at radius 3 is 2.83 bits per heavy atom. The largest absolute Gasteiger partial charge is 0.397 e. The molecule has 0 saturated carbocycles. The van der Waals surface area contributed by atoms with Crippen molar-refractivity contribution in [2.75, 3.05) is 30.3 Å².